The second kappa shape index (κ2) is 10.1. The predicted octanol–water partition coefficient (Wildman–Crippen LogP) is 3.44. The SMILES string of the molecule is C[C@@H]1CCCC[C@@H]1NC(=O)CSc1nnc(CC(=O)Nc2ccccc2Cl)n1C. The fraction of sp³-hybridized carbons (Fsp3) is 0.500. The Bertz CT molecular complexity index is 872. The minimum absolute atomic E-state index is 0.00904. The molecule has 2 amide bonds. The Morgan fingerprint density at radius 1 is 1.21 bits per heavy atom. The monoisotopic (exact) mass is 435 g/mol. The summed E-state index contributed by atoms with van der Waals surface area (Å²) in [6.45, 7) is 2.19. The largest absolute Gasteiger partial charge is 0.352 e. The Labute approximate surface area is 180 Å². The van der Waals surface area contributed by atoms with Crippen molar-refractivity contribution in [3.05, 3.63) is 35.1 Å². The van der Waals surface area contributed by atoms with Crippen LogP contribution in [0.5, 0.6) is 0 Å². The first-order valence-corrected chi connectivity index (χ1v) is 11.1. The summed E-state index contributed by atoms with van der Waals surface area (Å²) in [6, 6.07) is 7.32. The van der Waals surface area contributed by atoms with Gasteiger partial charge in [0.05, 0.1) is 22.9 Å². The van der Waals surface area contributed by atoms with Gasteiger partial charge in [0.25, 0.3) is 0 Å². The highest BCUT2D eigenvalue weighted by molar-refractivity contribution is 7.99. The maximum atomic E-state index is 12.3. The number of aromatic nitrogens is 3. The minimum atomic E-state index is -0.228. The summed E-state index contributed by atoms with van der Waals surface area (Å²) in [5, 5.41) is 15.2. The number of halogens is 1. The molecule has 3 rings (SSSR count). The maximum absolute atomic E-state index is 12.3. The van der Waals surface area contributed by atoms with Crippen LogP contribution in [0.3, 0.4) is 0 Å². The Morgan fingerprint density at radius 2 is 1.97 bits per heavy atom. The van der Waals surface area contributed by atoms with Crippen molar-refractivity contribution in [2.24, 2.45) is 13.0 Å². The molecule has 0 bridgehead atoms. The van der Waals surface area contributed by atoms with E-state index in [0.29, 0.717) is 27.6 Å². The molecule has 1 aromatic heterocycles. The van der Waals surface area contributed by atoms with Crippen LogP contribution in [0, 0.1) is 5.92 Å². The molecule has 9 heteroatoms. The minimum Gasteiger partial charge on any atom is -0.352 e. The summed E-state index contributed by atoms with van der Waals surface area (Å²) in [7, 11) is 1.79. The third kappa shape index (κ3) is 5.96. The van der Waals surface area contributed by atoms with Crippen LogP contribution in [-0.2, 0) is 23.1 Å². The van der Waals surface area contributed by atoms with E-state index < -0.39 is 0 Å². The first-order chi connectivity index (χ1) is 13.9. The van der Waals surface area contributed by atoms with E-state index >= 15 is 0 Å². The first-order valence-electron chi connectivity index (χ1n) is 9.79. The van der Waals surface area contributed by atoms with E-state index in [-0.39, 0.29) is 30.0 Å². The highest BCUT2D eigenvalue weighted by Gasteiger charge is 2.23. The molecule has 156 valence electrons. The zero-order valence-corrected chi connectivity index (χ0v) is 18.2. The summed E-state index contributed by atoms with van der Waals surface area (Å²) >= 11 is 7.39. The Hall–Kier alpha value is -2.06. The summed E-state index contributed by atoms with van der Waals surface area (Å²) in [6.07, 6.45) is 4.70. The van der Waals surface area contributed by atoms with Gasteiger partial charge in [-0.05, 0) is 30.9 Å². The molecule has 2 N–H and O–H groups in total. The maximum Gasteiger partial charge on any atom is 0.232 e. The smallest absolute Gasteiger partial charge is 0.232 e. The van der Waals surface area contributed by atoms with Gasteiger partial charge in [-0.3, -0.25) is 9.59 Å². The topological polar surface area (TPSA) is 88.9 Å². The average Bonchev–Trinajstić information content (AvgIpc) is 3.03. The van der Waals surface area contributed by atoms with Crippen LogP contribution in [0.2, 0.25) is 5.02 Å². The van der Waals surface area contributed by atoms with E-state index in [9.17, 15) is 9.59 Å². The van der Waals surface area contributed by atoms with Crippen molar-refractivity contribution < 1.29 is 9.59 Å². The van der Waals surface area contributed by atoms with E-state index in [2.05, 4.69) is 27.8 Å². The fourth-order valence-corrected chi connectivity index (χ4v) is 4.36. The van der Waals surface area contributed by atoms with Gasteiger partial charge in [-0.15, -0.1) is 10.2 Å². The van der Waals surface area contributed by atoms with Gasteiger partial charge in [0.1, 0.15) is 5.82 Å². The van der Waals surface area contributed by atoms with E-state index in [1.54, 1.807) is 35.9 Å². The van der Waals surface area contributed by atoms with Crippen LogP contribution in [-0.4, -0.2) is 38.4 Å². The zero-order chi connectivity index (χ0) is 20.8. The van der Waals surface area contributed by atoms with Crippen molar-refractivity contribution >= 4 is 40.9 Å². The van der Waals surface area contributed by atoms with E-state index in [1.807, 2.05) is 0 Å². The van der Waals surface area contributed by atoms with Gasteiger partial charge in [0.15, 0.2) is 5.16 Å². The van der Waals surface area contributed by atoms with Crippen LogP contribution in [0.25, 0.3) is 0 Å². The molecule has 2 atom stereocenters. The van der Waals surface area contributed by atoms with Crippen LogP contribution < -0.4 is 10.6 Å². The number of thioether (sulfide) groups is 1. The molecule has 0 unspecified atom stereocenters. The molecule has 0 aliphatic heterocycles. The molecule has 29 heavy (non-hydrogen) atoms. The predicted molar refractivity (Wildman–Crippen MR) is 115 cm³/mol. The lowest BCUT2D eigenvalue weighted by atomic mass is 9.86. The lowest BCUT2D eigenvalue weighted by Gasteiger charge is -2.29. The Balaban J connectivity index is 1.50. The molecular formula is C20H26ClN5O2S. The highest BCUT2D eigenvalue weighted by atomic mass is 35.5. The molecular weight excluding hydrogens is 410 g/mol. The van der Waals surface area contributed by atoms with Crippen LogP contribution in [0.1, 0.15) is 38.4 Å². The van der Waals surface area contributed by atoms with Crippen molar-refractivity contribution in [1.29, 1.82) is 0 Å². The molecule has 1 fully saturated rings. The molecule has 0 spiro atoms. The van der Waals surface area contributed by atoms with E-state index in [1.165, 1.54) is 31.0 Å². The van der Waals surface area contributed by atoms with Crippen molar-refractivity contribution in [2.45, 2.75) is 50.2 Å². The van der Waals surface area contributed by atoms with Crippen molar-refractivity contribution in [2.75, 3.05) is 11.1 Å². The molecule has 1 heterocycles. The first kappa shape index (κ1) is 21.6. The molecule has 1 aromatic carbocycles. The molecule has 2 aromatic rings. The molecule has 0 radical (unpaired) electrons. The standard InChI is InChI=1S/C20H26ClN5O2S/c1-13-7-3-5-9-15(13)22-19(28)12-29-20-25-24-17(26(20)2)11-18(27)23-16-10-6-4-8-14(16)21/h4,6,8,10,13,15H,3,5,7,9,11-12H2,1-2H3,(H,22,28)(H,23,27)/t13-,15+/m1/s1. The van der Waals surface area contributed by atoms with Gasteiger partial charge in [-0.1, -0.05) is 55.3 Å². The summed E-state index contributed by atoms with van der Waals surface area (Å²) in [4.78, 5) is 24.6. The third-order valence-electron chi connectivity index (χ3n) is 5.18. The lowest BCUT2D eigenvalue weighted by Crippen LogP contribution is -2.41. The Morgan fingerprint density at radius 3 is 2.72 bits per heavy atom. The third-order valence-corrected chi connectivity index (χ3v) is 6.53. The van der Waals surface area contributed by atoms with Crippen molar-refractivity contribution in [3.63, 3.8) is 0 Å². The highest BCUT2D eigenvalue weighted by Crippen LogP contribution is 2.24. The number of amides is 2. The van der Waals surface area contributed by atoms with Crippen molar-refractivity contribution in [1.82, 2.24) is 20.1 Å². The molecule has 0 saturated heterocycles. The number of carbonyl (C=O) groups is 2. The lowest BCUT2D eigenvalue weighted by molar-refractivity contribution is -0.120. The van der Waals surface area contributed by atoms with Gasteiger partial charge >= 0.3 is 0 Å². The number of carbonyl (C=O) groups excluding carboxylic acids is 2. The quantitative estimate of drug-likeness (QED) is 0.650. The van der Waals surface area contributed by atoms with E-state index in [4.69, 9.17) is 11.6 Å². The zero-order valence-electron chi connectivity index (χ0n) is 16.7. The van der Waals surface area contributed by atoms with E-state index in [0.717, 1.165) is 6.42 Å². The normalized spacial score (nSPS) is 19.0. The van der Waals surface area contributed by atoms with Crippen LogP contribution >= 0.6 is 23.4 Å². The van der Waals surface area contributed by atoms with Crippen LogP contribution in [0.4, 0.5) is 5.69 Å². The number of anilines is 1. The number of nitrogens with one attached hydrogen (secondary N) is 2. The van der Waals surface area contributed by atoms with Gasteiger partial charge in [-0.25, -0.2) is 0 Å². The molecule has 1 saturated carbocycles. The summed E-state index contributed by atoms with van der Waals surface area (Å²) < 4.78 is 1.74. The Kier molecular flexibility index (Phi) is 7.55. The van der Waals surface area contributed by atoms with Crippen LogP contribution in [0.15, 0.2) is 29.4 Å². The number of nitrogens with zero attached hydrogens (tertiary/aromatic N) is 3. The second-order valence-corrected chi connectivity index (χ2v) is 8.74. The summed E-state index contributed by atoms with van der Waals surface area (Å²) in [5.74, 6) is 1.11. The van der Waals surface area contributed by atoms with Crippen molar-refractivity contribution in [3.8, 4) is 0 Å². The van der Waals surface area contributed by atoms with Gasteiger partial charge in [0, 0.05) is 13.1 Å². The number of para-hydroxylation sites is 1. The molecule has 1 aliphatic carbocycles. The summed E-state index contributed by atoms with van der Waals surface area (Å²) in [5.41, 5.74) is 0.560. The number of rotatable bonds is 7. The average molecular weight is 436 g/mol. The fourth-order valence-electron chi connectivity index (χ4n) is 3.43. The molecule has 7 nitrogen and oxygen atoms in total. The van der Waals surface area contributed by atoms with Gasteiger partial charge < -0.3 is 15.2 Å². The number of benzene rings is 1. The van der Waals surface area contributed by atoms with Gasteiger partial charge in [0.2, 0.25) is 11.8 Å². The second-order valence-electron chi connectivity index (χ2n) is 7.39. The van der Waals surface area contributed by atoms with Gasteiger partial charge in [-0.2, -0.15) is 0 Å². The number of hydrogen-bond acceptors (Lipinski definition) is 5. The number of hydrogen-bond donors (Lipinski definition) is 2. The molecule has 1 aliphatic rings.